The number of aliphatic carboxylic acids is 2. The second-order valence-corrected chi connectivity index (χ2v) is 12.8. The molecular weight excluding hydrogens is 554 g/mol. The summed E-state index contributed by atoms with van der Waals surface area (Å²) < 4.78 is 0. The molecule has 262 valence electrons. The fraction of sp³-hybridized carbons (Fsp3) is 0.919. The highest BCUT2D eigenvalue weighted by atomic mass is 16.4. The molecule has 0 aromatic rings. The van der Waals surface area contributed by atoms with Crippen LogP contribution in [0.5, 0.6) is 0 Å². The Morgan fingerprint density at radius 2 is 0.864 bits per heavy atom. The van der Waals surface area contributed by atoms with Crippen molar-refractivity contribution in [2.24, 2.45) is 5.92 Å². The third kappa shape index (κ3) is 34.9. The summed E-state index contributed by atoms with van der Waals surface area (Å²) in [5.74, 6) is -1.99. The number of carboxylic acids is 2. The second-order valence-electron chi connectivity index (χ2n) is 12.8. The Morgan fingerprint density at radius 3 is 1.20 bits per heavy atom. The predicted octanol–water partition coefficient (Wildman–Crippen LogP) is 10.2. The van der Waals surface area contributed by atoms with Crippen LogP contribution in [-0.4, -0.2) is 45.8 Å². The minimum Gasteiger partial charge on any atom is -0.481 e. The summed E-state index contributed by atoms with van der Waals surface area (Å²) >= 11 is 0. The van der Waals surface area contributed by atoms with Gasteiger partial charge in [0.05, 0.1) is 0 Å². The summed E-state index contributed by atoms with van der Waals surface area (Å²) in [5, 5.41) is 29.4. The van der Waals surface area contributed by atoms with Crippen LogP contribution in [0.2, 0.25) is 0 Å². The number of hydrogen-bond acceptors (Lipinski definition) is 4. The average Bonchev–Trinajstić information content (AvgIpc) is 3.00. The van der Waals surface area contributed by atoms with Gasteiger partial charge in [-0.1, -0.05) is 162 Å². The van der Waals surface area contributed by atoms with Gasteiger partial charge in [0.1, 0.15) is 6.04 Å². The third-order valence-corrected chi connectivity index (χ3v) is 8.48. The fourth-order valence-corrected chi connectivity index (χ4v) is 5.50. The number of carbonyl (C=O) groups excluding carboxylic acids is 1. The van der Waals surface area contributed by atoms with E-state index in [-0.39, 0.29) is 18.7 Å². The van der Waals surface area contributed by atoms with Crippen molar-refractivity contribution >= 4 is 17.8 Å². The summed E-state index contributed by atoms with van der Waals surface area (Å²) in [6.45, 7) is 7.15. The van der Waals surface area contributed by atoms with E-state index in [2.05, 4.69) is 26.1 Å². The highest BCUT2D eigenvalue weighted by Crippen LogP contribution is 2.19. The monoisotopic (exact) mass is 628 g/mol. The van der Waals surface area contributed by atoms with E-state index >= 15 is 0 Å². The SMILES string of the molecule is CCCCCCCCCCC(CO)CCCCCCCC.CCCCCCCCCCCC(=O)NC(CCC(=O)O)C(=O)O. The average molecular weight is 628 g/mol. The van der Waals surface area contributed by atoms with Gasteiger partial charge in [0.25, 0.3) is 0 Å². The highest BCUT2D eigenvalue weighted by Gasteiger charge is 2.20. The van der Waals surface area contributed by atoms with Crippen LogP contribution < -0.4 is 5.32 Å². The second kappa shape index (κ2) is 35.8. The van der Waals surface area contributed by atoms with Crippen molar-refractivity contribution in [1.82, 2.24) is 5.32 Å². The number of aliphatic hydroxyl groups excluding tert-OH is 1. The Morgan fingerprint density at radius 1 is 0.500 bits per heavy atom. The van der Waals surface area contributed by atoms with Gasteiger partial charge in [0.15, 0.2) is 0 Å². The lowest BCUT2D eigenvalue weighted by atomic mass is 9.95. The van der Waals surface area contributed by atoms with Gasteiger partial charge in [-0.15, -0.1) is 0 Å². The van der Waals surface area contributed by atoms with Crippen molar-refractivity contribution < 1.29 is 29.7 Å². The maximum absolute atomic E-state index is 11.7. The van der Waals surface area contributed by atoms with E-state index < -0.39 is 18.0 Å². The van der Waals surface area contributed by atoms with Crippen molar-refractivity contribution in [1.29, 1.82) is 0 Å². The van der Waals surface area contributed by atoms with E-state index in [4.69, 9.17) is 10.2 Å². The van der Waals surface area contributed by atoms with Gasteiger partial charge in [0.2, 0.25) is 5.91 Å². The van der Waals surface area contributed by atoms with E-state index in [1.807, 2.05) is 0 Å². The van der Waals surface area contributed by atoms with E-state index in [0.717, 1.165) is 19.3 Å². The Bertz CT molecular complexity index is 641. The molecule has 1 amide bonds. The van der Waals surface area contributed by atoms with Gasteiger partial charge in [0, 0.05) is 19.4 Å². The molecule has 7 heteroatoms. The molecule has 0 saturated heterocycles. The Balaban J connectivity index is 0. The quantitative estimate of drug-likeness (QED) is 0.0550. The number of amides is 1. The molecular formula is C37H73NO6. The van der Waals surface area contributed by atoms with Crippen molar-refractivity contribution in [2.45, 2.75) is 207 Å². The van der Waals surface area contributed by atoms with Gasteiger partial charge in [-0.25, -0.2) is 4.79 Å². The van der Waals surface area contributed by atoms with Crippen LogP contribution in [0.3, 0.4) is 0 Å². The third-order valence-electron chi connectivity index (χ3n) is 8.48. The Hall–Kier alpha value is -1.63. The molecule has 0 fully saturated rings. The minimum absolute atomic E-state index is 0.0891. The smallest absolute Gasteiger partial charge is 0.326 e. The van der Waals surface area contributed by atoms with Crippen LogP contribution in [0.15, 0.2) is 0 Å². The lowest BCUT2D eigenvalue weighted by molar-refractivity contribution is -0.143. The zero-order valence-corrected chi connectivity index (χ0v) is 29.2. The van der Waals surface area contributed by atoms with E-state index in [1.165, 1.54) is 141 Å². The summed E-state index contributed by atoms with van der Waals surface area (Å²) in [6, 6.07) is -1.11. The van der Waals surface area contributed by atoms with Crippen LogP contribution in [0.1, 0.15) is 201 Å². The Labute approximate surface area is 271 Å². The maximum atomic E-state index is 11.7. The lowest BCUT2D eigenvalue weighted by Crippen LogP contribution is -2.41. The molecule has 0 rings (SSSR count). The van der Waals surface area contributed by atoms with Crippen molar-refractivity contribution in [3.63, 3.8) is 0 Å². The standard InChI is InChI=1S/C20H42O.C17H31NO5/c1-3-5-7-9-11-12-14-16-18-20(19-21)17-15-13-10-8-6-4-2;1-2-3-4-5-6-7-8-9-10-11-15(19)18-14(17(22)23)12-13-16(20)21/h20-21H,3-19H2,1-2H3;14H,2-13H2,1H3,(H,18,19)(H,20,21)(H,22,23). The molecule has 0 aliphatic rings. The number of carboxylic acid groups (broad SMARTS) is 2. The fourth-order valence-electron chi connectivity index (χ4n) is 5.50. The summed E-state index contributed by atoms with van der Waals surface area (Å²) in [4.78, 5) is 33.1. The molecule has 0 bridgehead atoms. The minimum atomic E-state index is -1.19. The molecule has 0 saturated carbocycles. The molecule has 0 aromatic heterocycles. The first-order valence-electron chi connectivity index (χ1n) is 18.7. The molecule has 0 aliphatic heterocycles. The van der Waals surface area contributed by atoms with Gasteiger partial charge in [-0.05, 0) is 31.6 Å². The van der Waals surface area contributed by atoms with Crippen LogP contribution in [0.25, 0.3) is 0 Å². The van der Waals surface area contributed by atoms with Crippen molar-refractivity contribution in [2.75, 3.05) is 6.61 Å². The molecule has 4 N–H and O–H groups in total. The van der Waals surface area contributed by atoms with E-state index in [1.54, 1.807) is 0 Å². The lowest BCUT2D eigenvalue weighted by Gasteiger charge is -2.13. The van der Waals surface area contributed by atoms with Crippen LogP contribution in [0.4, 0.5) is 0 Å². The summed E-state index contributed by atoms with van der Waals surface area (Å²) in [5.41, 5.74) is 0. The number of nitrogens with one attached hydrogen (secondary N) is 1. The molecule has 0 aromatic carbocycles. The molecule has 2 unspecified atom stereocenters. The zero-order valence-electron chi connectivity index (χ0n) is 29.2. The first-order valence-corrected chi connectivity index (χ1v) is 18.7. The summed E-state index contributed by atoms with van der Waals surface area (Å²) in [7, 11) is 0. The Kier molecular flexibility index (Phi) is 36.2. The predicted molar refractivity (Wildman–Crippen MR) is 184 cm³/mol. The molecule has 2 atom stereocenters. The van der Waals surface area contributed by atoms with Crippen LogP contribution in [-0.2, 0) is 14.4 Å². The van der Waals surface area contributed by atoms with E-state index in [0.29, 0.717) is 18.9 Å². The summed E-state index contributed by atoms with van der Waals surface area (Å²) in [6.07, 6.45) is 32.1. The normalized spacial score (nSPS) is 12.3. The topological polar surface area (TPSA) is 124 Å². The number of carbonyl (C=O) groups is 3. The zero-order chi connectivity index (χ0) is 33.1. The van der Waals surface area contributed by atoms with Gasteiger partial charge in [-0.2, -0.15) is 0 Å². The van der Waals surface area contributed by atoms with Gasteiger partial charge >= 0.3 is 11.9 Å². The van der Waals surface area contributed by atoms with Crippen molar-refractivity contribution in [3.05, 3.63) is 0 Å². The van der Waals surface area contributed by atoms with Gasteiger partial charge < -0.3 is 20.6 Å². The van der Waals surface area contributed by atoms with Gasteiger partial charge in [-0.3, -0.25) is 9.59 Å². The molecule has 7 nitrogen and oxygen atoms in total. The molecule has 0 radical (unpaired) electrons. The number of aliphatic hydroxyl groups is 1. The van der Waals surface area contributed by atoms with E-state index in [9.17, 15) is 19.5 Å². The number of rotatable bonds is 32. The molecule has 44 heavy (non-hydrogen) atoms. The molecule has 0 spiro atoms. The first-order chi connectivity index (χ1) is 21.3. The molecule has 0 aliphatic carbocycles. The molecule has 0 heterocycles. The number of hydrogen-bond donors (Lipinski definition) is 4. The number of unbranched alkanes of at least 4 members (excludes halogenated alkanes) is 20. The highest BCUT2D eigenvalue weighted by molar-refractivity contribution is 5.83. The largest absolute Gasteiger partial charge is 0.481 e. The maximum Gasteiger partial charge on any atom is 0.326 e. The van der Waals surface area contributed by atoms with Crippen molar-refractivity contribution in [3.8, 4) is 0 Å². The van der Waals surface area contributed by atoms with Crippen LogP contribution >= 0.6 is 0 Å². The first kappa shape index (κ1) is 44.5. The van der Waals surface area contributed by atoms with Crippen LogP contribution in [0, 0.1) is 5.92 Å².